The van der Waals surface area contributed by atoms with Crippen LogP contribution >= 0.6 is 27.7 Å². The molecule has 1 unspecified atom stereocenters. The zero-order chi connectivity index (χ0) is 17.2. The van der Waals surface area contributed by atoms with Gasteiger partial charge in [0.05, 0.1) is 5.54 Å². The molecule has 2 N–H and O–H groups in total. The topological polar surface area (TPSA) is 68.3 Å². The van der Waals surface area contributed by atoms with E-state index in [4.69, 9.17) is 5.73 Å². The first-order chi connectivity index (χ1) is 11.5. The first kappa shape index (κ1) is 17.2. The lowest BCUT2D eigenvalue weighted by Gasteiger charge is -2.30. The van der Waals surface area contributed by atoms with Crippen molar-refractivity contribution >= 4 is 38.6 Å². The summed E-state index contributed by atoms with van der Waals surface area (Å²) in [6.07, 6.45) is 2.90. The lowest BCUT2D eigenvalue weighted by Crippen LogP contribution is -2.28. The van der Waals surface area contributed by atoms with E-state index in [1.165, 1.54) is 0 Å². The van der Waals surface area contributed by atoms with Crippen LogP contribution in [0.15, 0.2) is 52.1 Å². The van der Waals surface area contributed by atoms with Gasteiger partial charge in [-0.25, -0.2) is 0 Å². The van der Waals surface area contributed by atoms with Gasteiger partial charge in [0.1, 0.15) is 5.69 Å². The molecule has 6 heteroatoms. The van der Waals surface area contributed by atoms with E-state index in [1.54, 1.807) is 24.0 Å². The maximum absolute atomic E-state index is 12.4. The molecule has 24 heavy (non-hydrogen) atoms. The number of ketones is 1. The number of Topliss-reactive ketones (excluding diaryl/α,β-unsaturated/α-hetero) is 1. The number of aromatic nitrogens is 1. The Morgan fingerprint density at radius 2 is 2.21 bits per heavy atom. The summed E-state index contributed by atoms with van der Waals surface area (Å²) in [6.45, 7) is 2.09. The SMILES string of the molecule is CC1(c2cccc(CC(=O)c3ccc(Br)cn3)c2)CCSC(N)=N1. The average molecular weight is 404 g/mol. The molecule has 0 aliphatic carbocycles. The van der Waals surface area contributed by atoms with Crippen LogP contribution in [0.1, 0.15) is 35.0 Å². The summed E-state index contributed by atoms with van der Waals surface area (Å²) in [4.78, 5) is 21.2. The van der Waals surface area contributed by atoms with Crippen LogP contribution in [0.3, 0.4) is 0 Å². The molecule has 0 amide bonds. The number of pyridine rings is 1. The van der Waals surface area contributed by atoms with Crippen LogP contribution in [0.2, 0.25) is 0 Å². The number of hydrogen-bond donors (Lipinski definition) is 1. The highest BCUT2D eigenvalue weighted by Crippen LogP contribution is 2.35. The fourth-order valence-electron chi connectivity index (χ4n) is 2.73. The van der Waals surface area contributed by atoms with Crippen LogP contribution in [0.25, 0.3) is 0 Å². The minimum absolute atomic E-state index is 0.00650. The van der Waals surface area contributed by atoms with Crippen molar-refractivity contribution < 1.29 is 4.79 Å². The largest absolute Gasteiger partial charge is 0.379 e. The number of thioether (sulfide) groups is 1. The molecule has 0 radical (unpaired) electrons. The molecular formula is C18H18BrN3OS. The Kier molecular flexibility index (Phi) is 5.06. The molecule has 0 saturated carbocycles. The summed E-state index contributed by atoms with van der Waals surface area (Å²) in [5, 5.41) is 0.629. The third kappa shape index (κ3) is 3.87. The number of carbonyl (C=O) groups is 1. The van der Waals surface area contributed by atoms with Crippen molar-refractivity contribution in [2.75, 3.05) is 5.75 Å². The lowest BCUT2D eigenvalue weighted by atomic mass is 9.88. The maximum atomic E-state index is 12.4. The zero-order valence-electron chi connectivity index (χ0n) is 13.3. The quantitative estimate of drug-likeness (QED) is 0.784. The number of nitrogens with zero attached hydrogens (tertiary/aromatic N) is 2. The highest BCUT2D eigenvalue weighted by atomic mass is 79.9. The minimum atomic E-state index is -0.315. The molecule has 0 saturated heterocycles. The maximum Gasteiger partial charge on any atom is 0.185 e. The van der Waals surface area contributed by atoms with Crippen molar-refractivity contribution in [3.8, 4) is 0 Å². The van der Waals surface area contributed by atoms with Crippen LogP contribution < -0.4 is 5.73 Å². The molecule has 1 aliphatic heterocycles. The normalized spacial score (nSPS) is 20.5. The van der Waals surface area contributed by atoms with Crippen LogP contribution in [0.4, 0.5) is 0 Å². The molecule has 1 aromatic carbocycles. The lowest BCUT2D eigenvalue weighted by molar-refractivity contribution is 0.0988. The predicted molar refractivity (Wildman–Crippen MR) is 102 cm³/mol. The number of benzene rings is 1. The average Bonchev–Trinajstić information content (AvgIpc) is 2.55. The molecule has 4 nitrogen and oxygen atoms in total. The monoisotopic (exact) mass is 403 g/mol. The third-order valence-corrected chi connectivity index (χ3v) is 5.39. The van der Waals surface area contributed by atoms with Crippen LogP contribution in [-0.4, -0.2) is 21.7 Å². The van der Waals surface area contributed by atoms with Crippen molar-refractivity contribution in [1.29, 1.82) is 0 Å². The van der Waals surface area contributed by atoms with E-state index in [2.05, 4.69) is 45.0 Å². The van der Waals surface area contributed by atoms with Crippen molar-refractivity contribution in [1.82, 2.24) is 4.98 Å². The molecule has 1 atom stereocenters. The Labute approximate surface area is 154 Å². The number of hydrogen-bond acceptors (Lipinski definition) is 5. The van der Waals surface area contributed by atoms with Crippen LogP contribution in [0, 0.1) is 0 Å². The smallest absolute Gasteiger partial charge is 0.185 e. The molecule has 2 heterocycles. The summed E-state index contributed by atoms with van der Waals surface area (Å²) in [6, 6.07) is 11.6. The van der Waals surface area contributed by atoms with Gasteiger partial charge in [-0.2, -0.15) is 0 Å². The van der Waals surface area contributed by atoms with E-state index in [9.17, 15) is 4.79 Å². The Morgan fingerprint density at radius 1 is 1.38 bits per heavy atom. The van der Waals surface area contributed by atoms with Crippen molar-refractivity contribution in [3.63, 3.8) is 0 Å². The van der Waals surface area contributed by atoms with E-state index in [0.29, 0.717) is 17.3 Å². The Morgan fingerprint density at radius 3 is 2.92 bits per heavy atom. The number of aliphatic imine (C=N–C) groups is 1. The molecule has 2 aromatic rings. The first-order valence-corrected chi connectivity index (χ1v) is 9.46. The summed E-state index contributed by atoms with van der Waals surface area (Å²) in [7, 11) is 0. The van der Waals surface area contributed by atoms with Gasteiger partial charge in [-0.3, -0.25) is 14.8 Å². The van der Waals surface area contributed by atoms with Gasteiger partial charge in [-0.15, -0.1) is 0 Å². The number of rotatable bonds is 4. The van der Waals surface area contributed by atoms with E-state index in [-0.39, 0.29) is 11.3 Å². The van der Waals surface area contributed by atoms with E-state index in [1.807, 2.05) is 18.2 Å². The van der Waals surface area contributed by atoms with Crippen molar-refractivity contribution in [2.24, 2.45) is 10.7 Å². The highest BCUT2D eigenvalue weighted by Gasteiger charge is 2.29. The van der Waals surface area contributed by atoms with E-state index in [0.717, 1.165) is 27.8 Å². The molecular weight excluding hydrogens is 386 g/mol. The number of amidine groups is 1. The van der Waals surface area contributed by atoms with Crippen molar-refractivity contribution in [2.45, 2.75) is 25.3 Å². The molecule has 124 valence electrons. The standard InChI is InChI=1S/C18H18BrN3OS/c1-18(7-8-24-17(20)22-18)13-4-2-3-12(9-13)10-16(23)15-6-5-14(19)11-21-15/h2-6,9,11H,7-8,10H2,1H3,(H2,20,22). The highest BCUT2D eigenvalue weighted by molar-refractivity contribution is 9.10. The molecule has 0 spiro atoms. The summed E-state index contributed by atoms with van der Waals surface area (Å²) >= 11 is 4.92. The van der Waals surface area contributed by atoms with Gasteiger partial charge >= 0.3 is 0 Å². The second-order valence-electron chi connectivity index (χ2n) is 5.98. The van der Waals surface area contributed by atoms with Gasteiger partial charge in [0, 0.05) is 22.8 Å². The van der Waals surface area contributed by atoms with Gasteiger partial charge < -0.3 is 5.73 Å². The molecule has 0 fully saturated rings. The van der Waals surface area contributed by atoms with Gasteiger partial charge in [-0.1, -0.05) is 36.0 Å². The number of carbonyl (C=O) groups excluding carboxylic acids is 1. The number of nitrogens with two attached hydrogens (primary N) is 1. The summed E-state index contributed by atoms with van der Waals surface area (Å²) < 4.78 is 0.861. The minimum Gasteiger partial charge on any atom is -0.379 e. The Bertz CT molecular complexity index is 791. The molecule has 1 aliphatic rings. The van der Waals surface area contributed by atoms with Crippen LogP contribution in [-0.2, 0) is 12.0 Å². The summed E-state index contributed by atoms with van der Waals surface area (Å²) in [5.74, 6) is 0.963. The third-order valence-electron chi connectivity index (χ3n) is 4.12. The fourth-order valence-corrected chi connectivity index (χ4v) is 3.94. The molecule has 0 bridgehead atoms. The van der Waals surface area contributed by atoms with Crippen molar-refractivity contribution in [3.05, 3.63) is 63.9 Å². The van der Waals surface area contributed by atoms with Gasteiger partial charge in [0.15, 0.2) is 11.0 Å². The van der Waals surface area contributed by atoms with Crippen LogP contribution in [0.5, 0.6) is 0 Å². The predicted octanol–water partition coefficient (Wildman–Crippen LogP) is 3.94. The van der Waals surface area contributed by atoms with E-state index < -0.39 is 0 Å². The fraction of sp³-hybridized carbons (Fsp3) is 0.278. The zero-order valence-corrected chi connectivity index (χ0v) is 15.7. The van der Waals surface area contributed by atoms with Gasteiger partial charge in [0.2, 0.25) is 0 Å². The second-order valence-corrected chi connectivity index (χ2v) is 8.02. The number of halogens is 1. The van der Waals surface area contributed by atoms with E-state index >= 15 is 0 Å². The summed E-state index contributed by atoms with van der Waals surface area (Å²) in [5.41, 5.74) is 8.13. The first-order valence-electron chi connectivity index (χ1n) is 7.68. The van der Waals surface area contributed by atoms with Gasteiger partial charge in [0.25, 0.3) is 0 Å². The van der Waals surface area contributed by atoms with Gasteiger partial charge in [-0.05, 0) is 52.5 Å². The molecule has 3 rings (SSSR count). The second kappa shape index (κ2) is 7.07. The Hall–Kier alpha value is -1.66. The molecule has 1 aromatic heterocycles. The Balaban J connectivity index is 1.82.